The van der Waals surface area contributed by atoms with Gasteiger partial charge in [-0.1, -0.05) is 67.9 Å². The van der Waals surface area contributed by atoms with Gasteiger partial charge in [0.15, 0.2) is 0 Å². The highest BCUT2D eigenvalue weighted by Crippen LogP contribution is 2.26. The molecule has 7 heteroatoms. The van der Waals surface area contributed by atoms with Gasteiger partial charge in [-0.3, -0.25) is 9.69 Å². The third-order valence-corrected chi connectivity index (χ3v) is 6.84. The molecule has 1 fully saturated rings. The maximum atomic E-state index is 14.0. The monoisotopic (exact) mass is 482 g/mol. The number of likely N-dealkylation sites (tertiary alicyclic amines) is 1. The molecule has 0 radical (unpaired) electrons. The van der Waals surface area contributed by atoms with Gasteiger partial charge in [0.2, 0.25) is 5.95 Å². The van der Waals surface area contributed by atoms with Crippen molar-refractivity contribution in [1.29, 1.82) is 0 Å². The summed E-state index contributed by atoms with van der Waals surface area (Å²) in [5.41, 5.74) is 10.6. The van der Waals surface area contributed by atoms with Crippen molar-refractivity contribution in [3.8, 4) is 11.3 Å². The predicted octanol–water partition coefficient (Wildman–Crippen LogP) is 4.90. The summed E-state index contributed by atoms with van der Waals surface area (Å²) in [7, 11) is 0. The zero-order chi connectivity index (χ0) is 24.9. The zero-order valence-corrected chi connectivity index (χ0v) is 20.9. The fourth-order valence-corrected chi connectivity index (χ4v) is 4.91. The summed E-state index contributed by atoms with van der Waals surface area (Å²) in [4.78, 5) is 25.3. The van der Waals surface area contributed by atoms with Crippen LogP contribution in [-0.2, 0) is 13.1 Å². The van der Waals surface area contributed by atoms with Crippen LogP contribution < -0.4 is 16.6 Å². The van der Waals surface area contributed by atoms with Crippen LogP contribution in [0.4, 0.5) is 11.8 Å². The number of hydrogen-bond acceptors (Lipinski definition) is 6. The van der Waals surface area contributed by atoms with Gasteiger partial charge in [0.25, 0.3) is 5.56 Å². The molecule has 186 valence electrons. The molecule has 3 N–H and O–H groups in total. The largest absolute Gasteiger partial charge is 0.369 e. The third-order valence-electron chi connectivity index (χ3n) is 6.84. The lowest BCUT2D eigenvalue weighted by Crippen LogP contribution is -2.25. The molecule has 0 unspecified atom stereocenters. The molecule has 2 aromatic heterocycles. The number of fused-ring (bicyclic) bond motifs is 1. The van der Waals surface area contributed by atoms with Crippen molar-refractivity contribution in [1.82, 2.24) is 19.4 Å². The summed E-state index contributed by atoms with van der Waals surface area (Å²) in [5.74, 6) is 0.663. The molecule has 0 bridgehead atoms. The Morgan fingerprint density at radius 2 is 1.64 bits per heavy atom. The molecule has 36 heavy (non-hydrogen) atoms. The first-order chi connectivity index (χ1) is 17.6. The van der Waals surface area contributed by atoms with Crippen LogP contribution in [-0.4, -0.2) is 39.1 Å². The maximum absolute atomic E-state index is 14.0. The van der Waals surface area contributed by atoms with Gasteiger partial charge < -0.3 is 15.6 Å². The average molecular weight is 483 g/mol. The van der Waals surface area contributed by atoms with E-state index in [0.29, 0.717) is 23.3 Å². The van der Waals surface area contributed by atoms with Gasteiger partial charge in [0, 0.05) is 13.1 Å². The summed E-state index contributed by atoms with van der Waals surface area (Å²) in [6.45, 7) is 6.65. The Morgan fingerprint density at radius 1 is 0.944 bits per heavy atom. The summed E-state index contributed by atoms with van der Waals surface area (Å²) >= 11 is 0. The zero-order valence-electron chi connectivity index (χ0n) is 20.9. The molecule has 1 aliphatic heterocycles. The van der Waals surface area contributed by atoms with Gasteiger partial charge in [-0.15, -0.1) is 0 Å². The van der Waals surface area contributed by atoms with Gasteiger partial charge in [0.05, 0.1) is 17.8 Å². The lowest BCUT2D eigenvalue weighted by atomic mass is 10.1. The summed E-state index contributed by atoms with van der Waals surface area (Å²) in [5, 5.41) is 3.79. The highest BCUT2D eigenvalue weighted by molar-refractivity contribution is 5.91. The molecule has 3 heterocycles. The van der Waals surface area contributed by atoms with Crippen LogP contribution in [0.3, 0.4) is 0 Å². The molecular formula is C29H34N6O. The average Bonchev–Trinajstić information content (AvgIpc) is 3.40. The lowest BCUT2D eigenvalue weighted by Gasteiger charge is -2.17. The van der Waals surface area contributed by atoms with Crippen LogP contribution >= 0.6 is 0 Å². The van der Waals surface area contributed by atoms with Crippen molar-refractivity contribution < 1.29 is 0 Å². The van der Waals surface area contributed by atoms with E-state index in [0.717, 1.165) is 42.8 Å². The minimum atomic E-state index is -0.119. The van der Waals surface area contributed by atoms with E-state index in [1.807, 2.05) is 41.0 Å². The molecule has 0 spiro atoms. The number of nitrogens with one attached hydrogen (secondary N) is 1. The first-order valence-electron chi connectivity index (χ1n) is 12.9. The second kappa shape index (κ2) is 10.9. The molecule has 0 atom stereocenters. The number of nitrogen functional groups attached to an aromatic ring is 1. The molecular weight excluding hydrogens is 448 g/mol. The molecule has 5 rings (SSSR count). The Morgan fingerprint density at radius 3 is 2.33 bits per heavy atom. The van der Waals surface area contributed by atoms with Gasteiger partial charge in [-0.2, -0.15) is 4.98 Å². The number of benzene rings is 2. The van der Waals surface area contributed by atoms with E-state index in [9.17, 15) is 4.79 Å². The van der Waals surface area contributed by atoms with Crippen molar-refractivity contribution in [2.45, 2.75) is 45.7 Å². The molecule has 0 saturated carbocycles. The van der Waals surface area contributed by atoms with E-state index in [1.165, 1.54) is 31.5 Å². The summed E-state index contributed by atoms with van der Waals surface area (Å²) in [6.07, 6.45) is 4.60. The highest BCUT2D eigenvalue weighted by Gasteiger charge is 2.17. The minimum absolute atomic E-state index is 0.119. The standard InChI is InChI=1S/C29H34N6O/c1-2-3-15-31-27-26-24(32-29(30)33-27)18-25(23-9-5-4-6-10-23)35(28(26)36)20-22-13-11-21(12-14-22)19-34-16-7-8-17-34/h4-6,9-14,18H,2-3,7-8,15-17,19-20H2,1H3,(H3,30,31,32,33). The molecule has 0 aliphatic carbocycles. The molecule has 1 saturated heterocycles. The lowest BCUT2D eigenvalue weighted by molar-refractivity contribution is 0.331. The van der Waals surface area contributed by atoms with Crippen LogP contribution in [0.15, 0.2) is 65.5 Å². The number of aromatic nitrogens is 3. The molecule has 4 aromatic rings. The summed E-state index contributed by atoms with van der Waals surface area (Å²) in [6, 6.07) is 20.6. The van der Waals surface area contributed by atoms with Crippen molar-refractivity contribution in [2.24, 2.45) is 0 Å². The number of rotatable bonds is 9. The van der Waals surface area contributed by atoms with E-state index in [1.54, 1.807) is 0 Å². The van der Waals surface area contributed by atoms with Crippen molar-refractivity contribution in [2.75, 3.05) is 30.7 Å². The second-order valence-corrected chi connectivity index (χ2v) is 9.56. The Hall–Kier alpha value is -3.71. The van der Waals surface area contributed by atoms with Gasteiger partial charge in [-0.05, 0) is 55.1 Å². The Kier molecular flexibility index (Phi) is 7.28. The van der Waals surface area contributed by atoms with E-state index in [2.05, 4.69) is 51.4 Å². The minimum Gasteiger partial charge on any atom is -0.369 e. The summed E-state index contributed by atoms with van der Waals surface area (Å²) < 4.78 is 1.83. The van der Waals surface area contributed by atoms with Crippen LogP contribution in [0, 0.1) is 0 Å². The van der Waals surface area contributed by atoms with Crippen LogP contribution in [0.1, 0.15) is 43.7 Å². The fraction of sp³-hybridized carbons (Fsp3) is 0.345. The number of pyridine rings is 1. The molecule has 2 aromatic carbocycles. The third kappa shape index (κ3) is 5.26. The second-order valence-electron chi connectivity index (χ2n) is 9.56. The van der Waals surface area contributed by atoms with Gasteiger partial charge >= 0.3 is 0 Å². The molecule has 1 aliphatic rings. The van der Waals surface area contributed by atoms with E-state index >= 15 is 0 Å². The fourth-order valence-electron chi connectivity index (χ4n) is 4.91. The highest BCUT2D eigenvalue weighted by atomic mass is 16.1. The first kappa shape index (κ1) is 24.0. The van der Waals surface area contributed by atoms with Crippen LogP contribution in [0.5, 0.6) is 0 Å². The van der Waals surface area contributed by atoms with Gasteiger partial charge in [0.1, 0.15) is 11.2 Å². The number of unbranched alkanes of at least 4 members (excludes halogenated alkanes) is 1. The van der Waals surface area contributed by atoms with Crippen molar-refractivity contribution >= 4 is 22.7 Å². The van der Waals surface area contributed by atoms with Crippen molar-refractivity contribution in [3.63, 3.8) is 0 Å². The van der Waals surface area contributed by atoms with Crippen LogP contribution in [0.25, 0.3) is 22.2 Å². The molecule has 0 amide bonds. The van der Waals surface area contributed by atoms with E-state index < -0.39 is 0 Å². The van der Waals surface area contributed by atoms with Crippen LogP contribution in [0.2, 0.25) is 0 Å². The number of nitrogens with zero attached hydrogens (tertiary/aromatic N) is 4. The normalized spacial score (nSPS) is 13.9. The first-order valence-corrected chi connectivity index (χ1v) is 12.9. The number of nitrogens with two attached hydrogens (primary N) is 1. The Balaban J connectivity index is 1.56. The predicted molar refractivity (Wildman–Crippen MR) is 147 cm³/mol. The number of anilines is 2. The van der Waals surface area contributed by atoms with Crippen molar-refractivity contribution in [3.05, 3.63) is 82.1 Å². The Bertz CT molecular complexity index is 1380. The van der Waals surface area contributed by atoms with E-state index in [4.69, 9.17) is 5.73 Å². The molecule has 7 nitrogen and oxygen atoms in total. The smallest absolute Gasteiger partial charge is 0.264 e. The Labute approximate surface area is 212 Å². The SMILES string of the molecule is CCCCNc1nc(N)nc2cc(-c3ccccc3)n(Cc3ccc(CN4CCCC4)cc3)c(=O)c12. The quantitative estimate of drug-likeness (QED) is 0.330. The van der Waals surface area contributed by atoms with Gasteiger partial charge in [-0.25, -0.2) is 4.98 Å². The topological polar surface area (TPSA) is 89.1 Å². The number of hydrogen-bond donors (Lipinski definition) is 2. The van der Waals surface area contributed by atoms with E-state index in [-0.39, 0.29) is 11.5 Å². The maximum Gasteiger partial charge on any atom is 0.264 e.